The van der Waals surface area contributed by atoms with Crippen LogP contribution < -0.4 is 0 Å². The molecule has 4 rings (SSSR count). The van der Waals surface area contributed by atoms with Gasteiger partial charge in [0.1, 0.15) is 17.7 Å². The van der Waals surface area contributed by atoms with Gasteiger partial charge in [0.15, 0.2) is 0 Å². The van der Waals surface area contributed by atoms with E-state index in [9.17, 15) is 40.6 Å². The highest BCUT2D eigenvalue weighted by molar-refractivity contribution is 5.65. The smallest absolute Gasteiger partial charge is 0.416 e. The Labute approximate surface area is 202 Å². The first-order valence-electron chi connectivity index (χ1n) is 11.1. The molecule has 0 bridgehead atoms. The Hall–Kier alpha value is -3.24. The number of amides is 1. The van der Waals surface area contributed by atoms with Gasteiger partial charge in [-0.05, 0) is 60.6 Å². The molecule has 1 N–H and O–H groups in total. The second-order valence-electron chi connectivity index (χ2n) is 9.14. The zero-order valence-electron chi connectivity index (χ0n) is 18.7. The van der Waals surface area contributed by atoms with E-state index in [2.05, 4.69) is 6.58 Å². The molecule has 11 heteroatoms. The van der Waals surface area contributed by atoms with E-state index in [0.29, 0.717) is 37.1 Å². The van der Waals surface area contributed by atoms with Crippen LogP contribution in [-0.2, 0) is 17.1 Å². The van der Waals surface area contributed by atoms with Crippen molar-refractivity contribution in [1.82, 2.24) is 4.90 Å². The molecule has 1 saturated heterocycles. The summed E-state index contributed by atoms with van der Waals surface area (Å²) in [5.74, 6) is -1.58. The molecular weight excluding hydrogens is 495 g/mol. The highest BCUT2D eigenvalue weighted by Crippen LogP contribution is 2.48. The monoisotopic (exact) mass is 517 g/mol. The Morgan fingerprint density at radius 2 is 1.53 bits per heavy atom. The van der Waals surface area contributed by atoms with Crippen molar-refractivity contribution < 1.29 is 45.4 Å². The van der Waals surface area contributed by atoms with Gasteiger partial charge in [0.2, 0.25) is 0 Å². The summed E-state index contributed by atoms with van der Waals surface area (Å²) in [6.07, 6.45) is -10.9. The largest absolute Gasteiger partial charge is 0.490 e. The summed E-state index contributed by atoms with van der Waals surface area (Å²) in [5, 5.41) is 9.44. The van der Waals surface area contributed by atoms with Crippen LogP contribution in [-0.4, -0.2) is 35.3 Å². The number of carboxylic acid groups (broad SMARTS) is 1. The van der Waals surface area contributed by atoms with E-state index >= 15 is 0 Å². The van der Waals surface area contributed by atoms with Crippen LogP contribution in [0, 0.1) is 17.7 Å². The van der Waals surface area contributed by atoms with Crippen LogP contribution in [0.25, 0.3) is 5.76 Å². The standard InChI is InChI=1S/C25H22F7NO3/c1-13(16-8-17(24(27,28)29)10-18(9-16)25(30,31)32)36-21-7-4-15-11-33(23(34)35)12-20(15)22(21)14-2-5-19(26)6-3-14/h2-3,5-6,8-10,15,20-22H,1,4,7,11-12H2,(H,34,35)/t15-,20+,21-,22-/m0/s1. The number of alkyl halides is 6. The van der Waals surface area contributed by atoms with Crippen LogP contribution in [0.4, 0.5) is 35.5 Å². The van der Waals surface area contributed by atoms with Crippen molar-refractivity contribution in [3.8, 4) is 0 Å². The van der Waals surface area contributed by atoms with Crippen LogP contribution in [0.2, 0.25) is 0 Å². The molecule has 36 heavy (non-hydrogen) atoms. The molecule has 1 saturated carbocycles. The van der Waals surface area contributed by atoms with E-state index in [1.807, 2.05) is 0 Å². The first-order chi connectivity index (χ1) is 16.7. The van der Waals surface area contributed by atoms with Gasteiger partial charge in [0.05, 0.1) is 11.1 Å². The maximum Gasteiger partial charge on any atom is 0.416 e. The summed E-state index contributed by atoms with van der Waals surface area (Å²) in [4.78, 5) is 12.8. The fourth-order valence-electron chi connectivity index (χ4n) is 5.24. The molecular formula is C25H22F7NO3. The molecule has 1 aliphatic carbocycles. The third-order valence-electron chi connectivity index (χ3n) is 6.90. The van der Waals surface area contributed by atoms with Crippen molar-refractivity contribution in [2.75, 3.05) is 13.1 Å². The van der Waals surface area contributed by atoms with Crippen molar-refractivity contribution in [2.24, 2.45) is 11.8 Å². The number of nitrogens with zero attached hydrogens (tertiary/aromatic N) is 1. The lowest BCUT2D eigenvalue weighted by atomic mass is 9.69. The number of likely N-dealkylation sites (tertiary alicyclic amines) is 1. The van der Waals surface area contributed by atoms with Crippen LogP contribution in [0.15, 0.2) is 49.0 Å². The Kier molecular flexibility index (Phi) is 6.70. The fraction of sp³-hybridized carbons (Fsp3) is 0.400. The molecule has 1 amide bonds. The normalized spacial score (nSPS) is 24.4. The van der Waals surface area contributed by atoms with Crippen molar-refractivity contribution in [3.05, 3.63) is 77.1 Å². The van der Waals surface area contributed by atoms with Gasteiger partial charge in [-0.2, -0.15) is 26.3 Å². The molecule has 2 fully saturated rings. The Morgan fingerprint density at radius 1 is 0.944 bits per heavy atom. The average Bonchev–Trinajstić information content (AvgIpc) is 3.23. The first kappa shape index (κ1) is 25.8. The molecule has 194 valence electrons. The van der Waals surface area contributed by atoms with E-state index < -0.39 is 53.0 Å². The number of rotatable bonds is 4. The molecule has 2 aromatic rings. The first-order valence-corrected chi connectivity index (χ1v) is 11.1. The fourth-order valence-corrected chi connectivity index (χ4v) is 5.24. The van der Waals surface area contributed by atoms with Crippen LogP contribution in [0.1, 0.15) is 41.0 Å². The van der Waals surface area contributed by atoms with Crippen LogP contribution >= 0.6 is 0 Å². The Morgan fingerprint density at radius 3 is 2.06 bits per heavy atom. The van der Waals surface area contributed by atoms with E-state index in [4.69, 9.17) is 4.74 Å². The lowest BCUT2D eigenvalue weighted by Crippen LogP contribution is -2.37. The number of carbonyl (C=O) groups is 1. The van der Waals surface area contributed by atoms with Crippen molar-refractivity contribution >= 4 is 11.9 Å². The van der Waals surface area contributed by atoms with Gasteiger partial charge in [-0.3, -0.25) is 0 Å². The number of fused-ring (bicyclic) bond motifs is 1. The maximum atomic E-state index is 13.6. The van der Waals surface area contributed by atoms with E-state index in [-0.39, 0.29) is 30.2 Å². The summed E-state index contributed by atoms with van der Waals surface area (Å²) in [6, 6.07) is 6.65. The number of halogens is 7. The minimum Gasteiger partial charge on any atom is -0.490 e. The van der Waals surface area contributed by atoms with Gasteiger partial charge in [-0.15, -0.1) is 0 Å². The third kappa shape index (κ3) is 5.29. The molecule has 1 aliphatic heterocycles. The summed E-state index contributed by atoms with van der Waals surface area (Å²) in [7, 11) is 0. The van der Waals surface area contributed by atoms with Gasteiger partial charge >= 0.3 is 18.4 Å². The minimum absolute atomic E-state index is 0.0188. The van der Waals surface area contributed by atoms with Crippen LogP contribution in [0.3, 0.4) is 0 Å². The third-order valence-corrected chi connectivity index (χ3v) is 6.90. The lowest BCUT2D eigenvalue weighted by molar-refractivity contribution is -0.143. The second-order valence-corrected chi connectivity index (χ2v) is 9.14. The van der Waals surface area contributed by atoms with Gasteiger partial charge in [-0.25, -0.2) is 9.18 Å². The van der Waals surface area contributed by atoms with E-state index in [1.165, 1.54) is 29.2 Å². The molecule has 1 heterocycles. The number of hydrogen-bond donors (Lipinski definition) is 1. The Balaban J connectivity index is 1.67. The summed E-state index contributed by atoms with van der Waals surface area (Å²) in [6.45, 7) is 4.09. The number of hydrogen-bond acceptors (Lipinski definition) is 2. The molecule has 0 aromatic heterocycles. The number of ether oxygens (including phenoxy) is 1. The zero-order valence-corrected chi connectivity index (χ0v) is 18.7. The SMILES string of the molecule is C=C(O[C@H]1CC[C@H]2CN(C(=O)O)C[C@H]2[C@@H]1c1ccc(F)cc1)c1cc(C(F)(F)F)cc(C(F)(F)F)c1. The molecule has 2 aromatic carbocycles. The maximum absolute atomic E-state index is 13.6. The molecule has 4 atom stereocenters. The van der Waals surface area contributed by atoms with Crippen molar-refractivity contribution in [2.45, 2.75) is 37.2 Å². The summed E-state index contributed by atoms with van der Waals surface area (Å²) >= 11 is 0. The molecule has 0 unspecified atom stereocenters. The quantitative estimate of drug-likeness (QED) is 0.350. The molecule has 4 nitrogen and oxygen atoms in total. The van der Waals surface area contributed by atoms with Crippen molar-refractivity contribution in [3.63, 3.8) is 0 Å². The predicted molar refractivity (Wildman–Crippen MR) is 115 cm³/mol. The second kappa shape index (κ2) is 9.33. The highest BCUT2D eigenvalue weighted by Gasteiger charge is 2.47. The molecule has 0 spiro atoms. The van der Waals surface area contributed by atoms with Gasteiger partial charge in [0, 0.05) is 24.6 Å². The summed E-state index contributed by atoms with van der Waals surface area (Å²) < 4.78 is 99.3. The topological polar surface area (TPSA) is 49.8 Å². The number of benzene rings is 2. The summed E-state index contributed by atoms with van der Waals surface area (Å²) in [5.41, 5.74) is -2.79. The van der Waals surface area contributed by atoms with Crippen molar-refractivity contribution in [1.29, 1.82) is 0 Å². The van der Waals surface area contributed by atoms with E-state index in [0.717, 1.165) is 0 Å². The average molecular weight is 517 g/mol. The van der Waals surface area contributed by atoms with Gasteiger partial charge in [-0.1, -0.05) is 18.7 Å². The Bertz CT molecular complexity index is 1110. The zero-order chi connectivity index (χ0) is 26.4. The molecule has 0 radical (unpaired) electrons. The minimum atomic E-state index is -5.02. The van der Waals surface area contributed by atoms with E-state index in [1.54, 1.807) is 0 Å². The predicted octanol–water partition coefficient (Wildman–Crippen LogP) is 7.02. The molecule has 2 aliphatic rings. The van der Waals surface area contributed by atoms with Gasteiger partial charge < -0.3 is 14.7 Å². The van der Waals surface area contributed by atoms with Gasteiger partial charge in [0.25, 0.3) is 0 Å². The van der Waals surface area contributed by atoms with Crippen LogP contribution in [0.5, 0.6) is 0 Å². The highest BCUT2D eigenvalue weighted by atomic mass is 19.4. The lowest BCUT2D eigenvalue weighted by Gasteiger charge is -2.40.